The fourth-order valence-electron chi connectivity index (χ4n) is 3.16. The van der Waals surface area contributed by atoms with Gasteiger partial charge in [0.2, 0.25) is 10.0 Å². The zero-order chi connectivity index (χ0) is 20.3. The first-order valence-corrected chi connectivity index (χ1v) is 10.8. The van der Waals surface area contributed by atoms with Crippen LogP contribution in [0.3, 0.4) is 0 Å². The maximum atomic E-state index is 13.0. The molecule has 0 aliphatic carbocycles. The molecular weight excluding hydrogens is 376 g/mol. The number of aryl methyl sites for hydroxylation is 2. The highest BCUT2D eigenvalue weighted by molar-refractivity contribution is 7.89. The average molecular weight is 403 g/mol. The molecule has 150 valence electrons. The van der Waals surface area contributed by atoms with Gasteiger partial charge in [-0.2, -0.15) is 4.31 Å². The first-order valence-electron chi connectivity index (χ1n) is 9.35. The van der Waals surface area contributed by atoms with Crippen LogP contribution in [0.25, 0.3) is 0 Å². The fourth-order valence-corrected chi connectivity index (χ4v) is 4.82. The van der Waals surface area contributed by atoms with Crippen LogP contribution in [-0.4, -0.2) is 44.9 Å². The van der Waals surface area contributed by atoms with Crippen LogP contribution in [0.5, 0.6) is 0 Å². The number of carbonyl (C=O) groups is 1. The number of sulfonamides is 1. The van der Waals surface area contributed by atoms with Crippen molar-refractivity contribution < 1.29 is 17.9 Å². The van der Waals surface area contributed by atoms with Crippen molar-refractivity contribution in [3.05, 3.63) is 64.7 Å². The molecule has 1 saturated heterocycles. The molecule has 7 heteroatoms. The third kappa shape index (κ3) is 4.43. The van der Waals surface area contributed by atoms with Gasteiger partial charge >= 0.3 is 0 Å². The first-order chi connectivity index (χ1) is 13.3. The lowest BCUT2D eigenvalue weighted by Gasteiger charge is -2.26. The van der Waals surface area contributed by atoms with E-state index >= 15 is 0 Å². The maximum Gasteiger partial charge on any atom is 0.251 e. The number of hydrogen-bond donors (Lipinski definition) is 1. The van der Waals surface area contributed by atoms with E-state index < -0.39 is 10.0 Å². The lowest BCUT2D eigenvalue weighted by molar-refractivity contribution is 0.0730. The summed E-state index contributed by atoms with van der Waals surface area (Å²) >= 11 is 0. The zero-order valence-corrected chi connectivity index (χ0v) is 17.3. The molecule has 1 aliphatic heterocycles. The summed E-state index contributed by atoms with van der Waals surface area (Å²) in [7, 11) is -3.66. The Morgan fingerprint density at radius 3 is 2.36 bits per heavy atom. The van der Waals surface area contributed by atoms with Crippen molar-refractivity contribution in [1.82, 2.24) is 9.62 Å². The van der Waals surface area contributed by atoms with Crippen molar-refractivity contribution in [2.24, 2.45) is 0 Å². The molecule has 0 spiro atoms. The van der Waals surface area contributed by atoms with E-state index in [0.717, 1.165) is 11.1 Å². The number of nitrogens with zero attached hydrogens (tertiary/aromatic N) is 1. The summed E-state index contributed by atoms with van der Waals surface area (Å²) in [6.45, 7) is 7.06. The minimum Gasteiger partial charge on any atom is -0.379 e. The molecule has 1 heterocycles. The molecule has 1 N–H and O–H groups in total. The van der Waals surface area contributed by atoms with Crippen LogP contribution >= 0.6 is 0 Å². The van der Waals surface area contributed by atoms with Crippen LogP contribution in [0.1, 0.15) is 40.0 Å². The molecule has 0 bridgehead atoms. The van der Waals surface area contributed by atoms with Crippen LogP contribution in [0.4, 0.5) is 0 Å². The quantitative estimate of drug-likeness (QED) is 0.834. The Labute approximate surface area is 166 Å². The fraction of sp³-hybridized carbons (Fsp3) is 0.381. The Bertz CT molecular complexity index is 949. The standard InChI is InChI=1S/C21H26N2O4S/c1-15-4-7-18(8-5-15)17(3)22-21(24)19-9-6-16(2)20(14-19)28(25,26)23-10-12-27-13-11-23/h4-9,14,17H,10-13H2,1-3H3,(H,22,24)/t17-/m0/s1. The Morgan fingerprint density at radius 1 is 1.07 bits per heavy atom. The largest absolute Gasteiger partial charge is 0.379 e. The summed E-state index contributed by atoms with van der Waals surface area (Å²) < 4.78 is 32.7. The van der Waals surface area contributed by atoms with E-state index in [4.69, 9.17) is 4.74 Å². The molecule has 2 aromatic rings. The predicted octanol–water partition coefficient (Wildman–Crippen LogP) is 2.82. The highest BCUT2D eigenvalue weighted by atomic mass is 32.2. The molecule has 2 aromatic carbocycles. The molecule has 1 atom stereocenters. The number of ether oxygens (including phenoxy) is 1. The van der Waals surface area contributed by atoms with Crippen LogP contribution in [-0.2, 0) is 14.8 Å². The van der Waals surface area contributed by atoms with Crippen LogP contribution in [0.2, 0.25) is 0 Å². The van der Waals surface area contributed by atoms with E-state index in [1.807, 2.05) is 38.1 Å². The van der Waals surface area contributed by atoms with E-state index in [-0.39, 0.29) is 16.8 Å². The molecule has 1 fully saturated rings. The molecule has 3 rings (SSSR count). The monoisotopic (exact) mass is 402 g/mol. The second-order valence-corrected chi connectivity index (χ2v) is 9.01. The van der Waals surface area contributed by atoms with Crippen molar-refractivity contribution >= 4 is 15.9 Å². The molecule has 28 heavy (non-hydrogen) atoms. The highest BCUT2D eigenvalue weighted by Crippen LogP contribution is 2.23. The molecular formula is C21H26N2O4S. The lowest BCUT2D eigenvalue weighted by Crippen LogP contribution is -2.41. The Balaban J connectivity index is 1.82. The molecule has 1 aliphatic rings. The molecule has 0 unspecified atom stereocenters. The van der Waals surface area contributed by atoms with E-state index in [2.05, 4.69) is 5.32 Å². The van der Waals surface area contributed by atoms with Crippen LogP contribution in [0.15, 0.2) is 47.4 Å². The van der Waals surface area contributed by atoms with Gasteiger partial charge in [-0.15, -0.1) is 0 Å². The summed E-state index contributed by atoms with van der Waals surface area (Å²) in [5.41, 5.74) is 3.09. The molecule has 0 aromatic heterocycles. The molecule has 0 radical (unpaired) electrons. The second kappa shape index (κ2) is 8.43. The van der Waals surface area contributed by atoms with Crippen molar-refractivity contribution in [1.29, 1.82) is 0 Å². The van der Waals surface area contributed by atoms with Gasteiger partial charge < -0.3 is 10.1 Å². The van der Waals surface area contributed by atoms with Gasteiger partial charge in [-0.05, 0) is 44.0 Å². The SMILES string of the molecule is Cc1ccc([C@H](C)NC(=O)c2ccc(C)c(S(=O)(=O)N3CCOCC3)c2)cc1. The predicted molar refractivity (Wildman–Crippen MR) is 108 cm³/mol. The lowest BCUT2D eigenvalue weighted by atomic mass is 10.1. The van der Waals surface area contributed by atoms with Crippen molar-refractivity contribution in [2.75, 3.05) is 26.3 Å². The third-order valence-electron chi connectivity index (χ3n) is 4.96. The van der Waals surface area contributed by atoms with Crippen LogP contribution in [0, 0.1) is 13.8 Å². The summed E-state index contributed by atoms with van der Waals surface area (Å²) in [5.74, 6) is -0.300. The zero-order valence-electron chi connectivity index (χ0n) is 16.4. The van der Waals surface area contributed by atoms with Crippen molar-refractivity contribution in [3.8, 4) is 0 Å². The number of benzene rings is 2. The van der Waals surface area contributed by atoms with Crippen LogP contribution < -0.4 is 5.32 Å². The summed E-state index contributed by atoms with van der Waals surface area (Å²) in [6, 6.07) is 12.6. The number of nitrogens with one attached hydrogen (secondary N) is 1. The summed E-state index contributed by atoms with van der Waals surface area (Å²) in [5, 5.41) is 2.94. The van der Waals surface area contributed by atoms with Gasteiger partial charge in [-0.1, -0.05) is 35.9 Å². The Kier molecular flexibility index (Phi) is 6.17. The molecule has 6 nitrogen and oxygen atoms in total. The third-order valence-corrected chi connectivity index (χ3v) is 7.00. The Morgan fingerprint density at radius 2 is 1.71 bits per heavy atom. The molecule has 0 saturated carbocycles. The van der Waals surface area contributed by atoms with E-state index in [0.29, 0.717) is 37.4 Å². The van der Waals surface area contributed by atoms with Gasteiger partial charge in [0.15, 0.2) is 0 Å². The number of morpholine rings is 1. The van der Waals surface area contributed by atoms with Gasteiger partial charge in [0.25, 0.3) is 5.91 Å². The van der Waals surface area contributed by atoms with E-state index in [1.165, 1.54) is 10.4 Å². The van der Waals surface area contributed by atoms with Gasteiger partial charge in [0.1, 0.15) is 0 Å². The topological polar surface area (TPSA) is 75.7 Å². The minimum atomic E-state index is -3.66. The number of amides is 1. The normalized spacial score (nSPS) is 16.5. The average Bonchev–Trinajstić information content (AvgIpc) is 2.69. The minimum absolute atomic E-state index is 0.171. The number of hydrogen-bond acceptors (Lipinski definition) is 4. The summed E-state index contributed by atoms with van der Waals surface area (Å²) in [4.78, 5) is 12.9. The van der Waals surface area contributed by atoms with Crippen molar-refractivity contribution in [3.63, 3.8) is 0 Å². The second-order valence-electron chi connectivity index (χ2n) is 7.10. The van der Waals surface area contributed by atoms with Gasteiger partial charge in [-0.25, -0.2) is 8.42 Å². The van der Waals surface area contributed by atoms with E-state index in [9.17, 15) is 13.2 Å². The molecule has 1 amide bonds. The van der Waals surface area contributed by atoms with Gasteiger partial charge in [-0.3, -0.25) is 4.79 Å². The summed E-state index contributed by atoms with van der Waals surface area (Å²) in [6.07, 6.45) is 0. The van der Waals surface area contributed by atoms with Crippen molar-refractivity contribution in [2.45, 2.75) is 31.7 Å². The maximum absolute atomic E-state index is 13.0. The smallest absolute Gasteiger partial charge is 0.251 e. The number of carbonyl (C=O) groups excluding carboxylic acids is 1. The van der Waals surface area contributed by atoms with E-state index in [1.54, 1.807) is 19.1 Å². The number of rotatable bonds is 5. The Hall–Kier alpha value is -2.22. The highest BCUT2D eigenvalue weighted by Gasteiger charge is 2.28. The van der Waals surface area contributed by atoms with Gasteiger partial charge in [0, 0.05) is 18.7 Å². The first kappa shape index (κ1) is 20.5. The van der Waals surface area contributed by atoms with Gasteiger partial charge in [0.05, 0.1) is 24.2 Å².